The maximum atomic E-state index is 14.1. The standard InChI is InChI=1S/C15H21FN2O2S/c1-15(2)8-14(15)18-21(19,20)13-6-3-10(7-12(13)16)9-17-11-4-5-11/h3,6-7,11,14,17-18H,4-5,8-9H2,1-2H3. The number of benzene rings is 1. The van der Waals surface area contributed by atoms with Crippen molar-refractivity contribution in [3.8, 4) is 0 Å². The predicted molar refractivity (Wildman–Crippen MR) is 78.8 cm³/mol. The van der Waals surface area contributed by atoms with Crippen LogP contribution in [0, 0.1) is 11.2 Å². The Bertz CT molecular complexity index is 654. The molecule has 1 aromatic carbocycles. The molecule has 2 fully saturated rings. The summed E-state index contributed by atoms with van der Waals surface area (Å²) in [5, 5.41) is 3.28. The van der Waals surface area contributed by atoms with E-state index in [-0.39, 0.29) is 16.4 Å². The summed E-state index contributed by atoms with van der Waals surface area (Å²) in [6.07, 6.45) is 3.11. The first-order valence-corrected chi connectivity index (χ1v) is 8.80. The van der Waals surface area contributed by atoms with Crippen LogP contribution in [0.5, 0.6) is 0 Å². The minimum atomic E-state index is -3.78. The van der Waals surface area contributed by atoms with Gasteiger partial charge in [-0.15, -0.1) is 0 Å². The van der Waals surface area contributed by atoms with Crippen LogP contribution in [-0.4, -0.2) is 20.5 Å². The normalized spacial score (nSPS) is 24.0. The first-order valence-electron chi connectivity index (χ1n) is 7.32. The topological polar surface area (TPSA) is 58.2 Å². The highest BCUT2D eigenvalue weighted by Gasteiger charge is 2.48. The molecule has 1 atom stereocenters. The van der Waals surface area contributed by atoms with Crippen LogP contribution in [0.3, 0.4) is 0 Å². The van der Waals surface area contributed by atoms with Crippen molar-refractivity contribution in [1.29, 1.82) is 0 Å². The number of sulfonamides is 1. The summed E-state index contributed by atoms with van der Waals surface area (Å²) >= 11 is 0. The zero-order valence-electron chi connectivity index (χ0n) is 12.3. The van der Waals surface area contributed by atoms with Crippen molar-refractivity contribution in [2.75, 3.05) is 0 Å². The van der Waals surface area contributed by atoms with Crippen molar-refractivity contribution in [1.82, 2.24) is 10.0 Å². The van der Waals surface area contributed by atoms with E-state index in [1.165, 1.54) is 12.1 Å². The van der Waals surface area contributed by atoms with E-state index in [2.05, 4.69) is 10.0 Å². The van der Waals surface area contributed by atoms with Crippen molar-refractivity contribution in [3.63, 3.8) is 0 Å². The van der Waals surface area contributed by atoms with Gasteiger partial charge in [-0.1, -0.05) is 19.9 Å². The Morgan fingerprint density at radius 1 is 1.33 bits per heavy atom. The number of hydrogen-bond donors (Lipinski definition) is 2. The van der Waals surface area contributed by atoms with Crippen LogP contribution in [0.25, 0.3) is 0 Å². The van der Waals surface area contributed by atoms with Crippen LogP contribution in [0.4, 0.5) is 4.39 Å². The maximum Gasteiger partial charge on any atom is 0.243 e. The molecule has 2 N–H and O–H groups in total. The zero-order chi connectivity index (χ0) is 15.3. The SMILES string of the molecule is CC1(C)CC1NS(=O)(=O)c1ccc(CNC2CC2)cc1F. The molecule has 0 aliphatic heterocycles. The summed E-state index contributed by atoms with van der Waals surface area (Å²) < 4.78 is 41.1. The molecule has 1 aromatic rings. The second-order valence-corrected chi connectivity index (χ2v) is 8.47. The minimum absolute atomic E-state index is 0.0301. The molecule has 0 saturated heterocycles. The van der Waals surface area contributed by atoms with Crippen LogP contribution in [-0.2, 0) is 16.6 Å². The van der Waals surface area contributed by atoms with E-state index < -0.39 is 15.8 Å². The van der Waals surface area contributed by atoms with Gasteiger partial charge in [-0.2, -0.15) is 0 Å². The molecule has 4 nitrogen and oxygen atoms in total. The second-order valence-electron chi connectivity index (χ2n) is 6.79. The number of rotatable bonds is 6. The number of nitrogens with one attached hydrogen (secondary N) is 2. The molecule has 116 valence electrons. The summed E-state index contributed by atoms with van der Waals surface area (Å²) in [6, 6.07) is 4.78. The summed E-state index contributed by atoms with van der Waals surface area (Å²) in [6.45, 7) is 4.55. The van der Waals surface area contributed by atoms with Gasteiger partial charge in [0.05, 0.1) is 0 Å². The van der Waals surface area contributed by atoms with Crippen molar-refractivity contribution in [3.05, 3.63) is 29.6 Å². The average Bonchev–Trinajstić information content (AvgIpc) is 3.26. The van der Waals surface area contributed by atoms with E-state index in [9.17, 15) is 12.8 Å². The zero-order valence-corrected chi connectivity index (χ0v) is 13.1. The Kier molecular flexibility index (Phi) is 3.58. The van der Waals surface area contributed by atoms with Crippen molar-refractivity contribution < 1.29 is 12.8 Å². The van der Waals surface area contributed by atoms with E-state index in [0.29, 0.717) is 12.6 Å². The highest BCUT2D eigenvalue weighted by Crippen LogP contribution is 2.45. The summed E-state index contributed by atoms with van der Waals surface area (Å²) in [4.78, 5) is -0.264. The fourth-order valence-electron chi connectivity index (χ4n) is 2.34. The Balaban J connectivity index is 1.71. The smallest absolute Gasteiger partial charge is 0.243 e. The van der Waals surface area contributed by atoms with Crippen LogP contribution < -0.4 is 10.0 Å². The van der Waals surface area contributed by atoms with Gasteiger partial charge in [0.2, 0.25) is 10.0 Å². The lowest BCUT2D eigenvalue weighted by molar-refractivity contribution is 0.539. The molecular weight excluding hydrogens is 291 g/mol. The van der Waals surface area contributed by atoms with Gasteiger partial charge in [-0.3, -0.25) is 0 Å². The van der Waals surface area contributed by atoms with E-state index in [4.69, 9.17) is 0 Å². The van der Waals surface area contributed by atoms with Gasteiger partial charge >= 0.3 is 0 Å². The molecule has 0 aromatic heterocycles. The fourth-order valence-corrected chi connectivity index (χ4v) is 3.81. The molecule has 6 heteroatoms. The van der Waals surface area contributed by atoms with Gasteiger partial charge in [0.1, 0.15) is 10.7 Å². The maximum absolute atomic E-state index is 14.1. The van der Waals surface area contributed by atoms with Gasteiger partial charge in [-0.05, 0) is 42.4 Å². The summed E-state index contributed by atoms with van der Waals surface area (Å²) in [7, 11) is -3.78. The molecule has 2 aliphatic carbocycles. The molecule has 0 radical (unpaired) electrons. The third-order valence-electron chi connectivity index (χ3n) is 4.27. The van der Waals surface area contributed by atoms with E-state index in [0.717, 1.165) is 24.8 Å². The van der Waals surface area contributed by atoms with Gasteiger partial charge in [0, 0.05) is 18.6 Å². The Hall–Kier alpha value is -0.980. The molecule has 0 amide bonds. The molecule has 0 bridgehead atoms. The summed E-state index contributed by atoms with van der Waals surface area (Å²) in [5.74, 6) is -0.684. The van der Waals surface area contributed by atoms with Gasteiger partial charge in [-0.25, -0.2) is 17.5 Å². The molecule has 3 rings (SSSR count). The van der Waals surface area contributed by atoms with Crippen LogP contribution in [0.1, 0.15) is 38.7 Å². The molecule has 1 unspecified atom stereocenters. The Labute approximate surface area is 125 Å². The van der Waals surface area contributed by atoms with Gasteiger partial charge in [0.15, 0.2) is 0 Å². The molecule has 0 spiro atoms. The lowest BCUT2D eigenvalue weighted by atomic mass is 10.2. The predicted octanol–water partition coefficient (Wildman–Crippen LogP) is 2.15. The fraction of sp³-hybridized carbons (Fsp3) is 0.600. The van der Waals surface area contributed by atoms with Gasteiger partial charge in [0.25, 0.3) is 0 Å². The van der Waals surface area contributed by atoms with Crippen molar-refractivity contribution in [2.45, 2.75) is 56.6 Å². The Morgan fingerprint density at radius 3 is 2.52 bits per heavy atom. The second kappa shape index (κ2) is 5.04. The molecule has 21 heavy (non-hydrogen) atoms. The third-order valence-corrected chi connectivity index (χ3v) is 5.77. The highest BCUT2D eigenvalue weighted by atomic mass is 32.2. The quantitative estimate of drug-likeness (QED) is 0.846. The van der Waals surface area contributed by atoms with E-state index in [1.54, 1.807) is 6.07 Å². The monoisotopic (exact) mass is 312 g/mol. The van der Waals surface area contributed by atoms with Crippen LogP contribution in [0.2, 0.25) is 0 Å². The molecule has 2 saturated carbocycles. The first-order chi connectivity index (χ1) is 9.78. The van der Waals surface area contributed by atoms with E-state index in [1.807, 2.05) is 13.8 Å². The van der Waals surface area contributed by atoms with Crippen LogP contribution >= 0.6 is 0 Å². The minimum Gasteiger partial charge on any atom is -0.310 e. The number of halogens is 1. The van der Waals surface area contributed by atoms with Crippen LogP contribution in [0.15, 0.2) is 23.1 Å². The Morgan fingerprint density at radius 2 is 2.00 bits per heavy atom. The first kappa shape index (κ1) is 14.9. The molecule has 2 aliphatic rings. The van der Waals surface area contributed by atoms with E-state index >= 15 is 0 Å². The highest BCUT2D eigenvalue weighted by molar-refractivity contribution is 7.89. The average molecular weight is 312 g/mol. The lowest BCUT2D eigenvalue weighted by Crippen LogP contribution is -2.29. The third kappa shape index (κ3) is 3.44. The lowest BCUT2D eigenvalue weighted by Gasteiger charge is -2.10. The summed E-state index contributed by atoms with van der Waals surface area (Å²) in [5.41, 5.74) is 0.739. The largest absolute Gasteiger partial charge is 0.310 e. The molecule has 0 heterocycles. The van der Waals surface area contributed by atoms with Gasteiger partial charge < -0.3 is 5.32 Å². The number of hydrogen-bond acceptors (Lipinski definition) is 3. The molecular formula is C15H21FN2O2S. The van der Waals surface area contributed by atoms with Crippen molar-refractivity contribution in [2.24, 2.45) is 5.41 Å². The van der Waals surface area contributed by atoms with Crippen molar-refractivity contribution >= 4 is 10.0 Å².